The maximum Gasteiger partial charge on any atom is 0.317 e. The smallest absolute Gasteiger partial charge is 0.317 e. The maximum atomic E-state index is 14.2. The molecule has 12 heteroatoms. The molecule has 11 nitrogen and oxygen atoms in total. The number of benzene rings is 2. The number of hydrogen-bond acceptors (Lipinski definition) is 7. The first-order valence-electron chi connectivity index (χ1n) is 15.3. The molecule has 3 amide bonds. The van der Waals surface area contributed by atoms with E-state index in [1.807, 2.05) is 27.7 Å². The zero-order chi connectivity index (χ0) is 32.4. The minimum atomic E-state index is -3.90. The Kier molecular flexibility index (Phi) is 12.9. The zero-order valence-electron chi connectivity index (χ0n) is 26.7. The van der Waals surface area contributed by atoms with Gasteiger partial charge in [0.05, 0.1) is 35.3 Å². The fraction of sp³-hybridized carbons (Fsp3) is 0.562. The van der Waals surface area contributed by atoms with Crippen LogP contribution in [0, 0.1) is 5.92 Å². The molecule has 2 aromatic rings. The number of amides is 3. The Balaban J connectivity index is 1.98. The molecule has 4 atom stereocenters. The number of hydrogen-bond donors (Lipinski definition) is 3. The third-order valence-corrected chi connectivity index (χ3v) is 8.97. The van der Waals surface area contributed by atoms with Crippen molar-refractivity contribution in [2.24, 2.45) is 5.92 Å². The zero-order valence-corrected chi connectivity index (χ0v) is 27.5. The van der Waals surface area contributed by atoms with Crippen molar-refractivity contribution in [2.45, 2.75) is 83.1 Å². The Morgan fingerprint density at radius 2 is 1.82 bits per heavy atom. The van der Waals surface area contributed by atoms with Gasteiger partial charge in [0.25, 0.3) is 15.9 Å². The number of aliphatic hydroxyl groups excluding tert-OH is 1. The van der Waals surface area contributed by atoms with Crippen LogP contribution in [0.1, 0.15) is 64.2 Å². The van der Waals surface area contributed by atoms with E-state index in [9.17, 15) is 23.1 Å². The van der Waals surface area contributed by atoms with Crippen molar-refractivity contribution >= 4 is 27.6 Å². The van der Waals surface area contributed by atoms with E-state index < -0.39 is 22.0 Å². The van der Waals surface area contributed by atoms with Gasteiger partial charge in [-0.05, 0) is 77.3 Å². The van der Waals surface area contributed by atoms with Crippen LogP contribution in [0.15, 0.2) is 53.4 Å². The second kappa shape index (κ2) is 16.1. The highest BCUT2D eigenvalue weighted by molar-refractivity contribution is 7.92. The van der Waals surface area contributed by atoms with E-state index in [1.54, 1.807) is 54.1 Å². The lowest BCUT2D eigenvalue weighted by molar-refractivity contribution is -0.0122. The molecule has 0 spiro atoms. The highest BCUT2D eigenvalue weighted by Crippen LogP contribution is 2.29. The van der Waals surface area contributed by atoms with Crippen molar-refractivity contribution in [3.63, 3.8) is 0 Å². The number of rotatable bonds is 8. The quantitative estimate of drug-likeness (QED) is 0.394. The van der Waals surface area contributed by atoms with Crippen molar-refractivity contribution in [1.29, 1.82) is 0 Å². The van der Waals surface area contributed by atoms with Crippen molar-refractivity contribution in [3.8, 4) is 5.75 Å². The van der Waals surface area contributed by atoms with Crippen LogP contribution in [0.3, 0.4) is 0 Å². The number of nitrogens with one attached hydrogen (secondary N) is 2. The molecule has 0 unspecified atom stereocenters. The van der Waals surface area contributed by atoms with Crippen molar-refractivity contribution < 1.29 is 32.6 Å². The third-order valence-electron chi connectivity index (χ3n) is 7.57. The van der Waals surface area contributed by atoms with Gasteiger partial charge in [-0.15, -0.1) is 0 Å². The van der Waals surface area contributed by atoms with Gasteiger partial charge >= 0.3 is 6.03 Å². The molecule has 244 valence electrons. The Morgan fingerprint density at radius 3 is 2.48 bits per heavy atom. The van der Waals surface area contributed by atoms with E-state index in [2.05, 4.69) is 10.0 Å². The van der Waals surface area contributed by atoms with Gasteiger partial charge in [0, 0.05) is 44.4 Å². The topological polar surface area (TPSA) is 138 Å². The van der Waals surface area contributed by atoms with Gasteiger partial charge in [0.2, 0.25) is 0 Å². The average Bonchev–Trinajstić information content (AvgIpc) is 2.98. The van der Waals surface area contributed by atoms with Gasteiger partial charge in [0.1, 0.15) is 5.75 Å². The summed E-state index contributed by atoms with van der Waals surface area (Å²) < 4.78 is 41.2. The first-order chi connectivity index (χ1) is 20.8. The summed E-state index contributed by atoms with van der Waals surface area (Å²) in [5, 5.41) is 13.0. The Morgan fingerprint density at radius 1 is 1.11 bits per heavy atom. The highest BCUT2D eigenvalue weighted by atomic mass is 32.2. The van der Waals surface area contributed by atoms with Crippen LogP contribution in [0.2, 0.25) is 0 Å². The first kappa shape index (κ1) is 35.1. The molecule has 1 aliphatic heterocycles. The van der Waals surface area contributed by atoms with E-state index in [0.29, 0.717) is 25.3 Å². The summed E-state index contributed by atoms with van der Waals surface area (Å²) in [6.07, 6.45) is 1.74. The molecule has 3 rings (SSSR count). The Labute approximate surface area is 262 Å². The molecule has 44 heavy (non-hydrogen) atoms. The molecule has 3 N–H and O–H groups in total. The predicted octanol–water partition coefficient (Wildman–Crippen LogP) is 4.33. The van der Waals surface area contributed by atoms with Gasteiger partial charge in [0.15, 0.2) is 0 Å². The fourth-order valence-electron chi connectivity index (χ4n) is 4.97. The Bertz CT molecular complexity index is 1340. The van der Waals surface area contributed by atoms with Gasteiger partial charge in [-0.3, -0.25) is 9.52 Å². The molecule has 0 saturated heterocycles. The van der Waals surface area contributed by atoms with Crippen LogP contribution in [-0.2, 0) is 14.8 Å². The lowest BCUT2D eigenvalue weighted by Crippen LogP contribution is -2.49. The molecule has 2 aromatic carbocycles. The SMILES string of the molecule is CC(C)NC(=O)N(C)C[C@@H]1OCCCC[C@@H](C)Oc2ccc(NS(=O)(=O)c3ccccc3)cc2C(=O)N([C@@H](C)CO)C[C@@H]1C. The fourth-order valence-corrected chi connectivity index (χ4v) is 6.04. The Hall–Kier alpha value is -3.35. The molecule has 0 bridgehead atoms. The number of fused-ring (bicyclic) bond motifs is 1. The second-order valence-electron chi connectivity index (χ2n) is 11.9. The van der Waals surface area contributed by atoms with Gasteiger partial charge in [-0.2, -0.15) is 0 Å². The van der Waals surface area contributed by atoms with E-state index in [4.69, 9.17) is 9.47 Å². The summed E-state index contributed by atoms with van der Waals surface area (Å²) in [6.45, 7) is 10.2. The van der Waals surface area contributed by atoms with Crippen LogP contribution >= 0.6 is 0 Å². The predicted molar refractivity (Wildman–Crippen MR) is 170 cm³/mol. The number of likely N-dealkylation sites (N-methyl/N-ethyl adjacent to an activating group) is 1. The molecule has 0 saturated carbocycles. The largest absolute Gasteiger partial charge is 0.490 e. The molecular formula is C32H48N4O7S. The van der Waals surface area contributed by atoms with Crippen LogP contribution in [0.5, 0.6) is 5.75 Å². The second-order valence-corrected chi connectivity index (χ2v) is 13.6. The number of ether oxygens (including phenoxy) is 2. The van der Waals surface area contributed by atoms with Crippen molar-refractivity contribution in [2.75, 3.05) is 38.1 Å². The normalized spacial score (nSPS) is 21.0. The van der Waals surface area contributed by atoms with Crippen LogP contribution in [0.4, 0.5) is 10.5 Å². The van der Waals surface area contributed by atoms with E-state index >= 15 is 0 Å². The number of carbonyl (C=O) groups excluding carboxylic acids is 2. The van der Waals surface area contributed by atoms with Crippen LogP contribution < -0.4 is 14.8 Å². The van der Waals surface area contributed by atoms with Gasteiger partial charge in [-0.25, -0.2) is 13.2 Å². The molecule has 0 radical (unpaired) electrons. The minimum Gasteiger partial charge on any atom is -0.490 e. The molecule has 0 aromatic heterocycles. The molecular weight excluding hydrogens is 584 g/mol. The standard InChI is InChI=1S/C32H48N4O7S/c1-22(2)33-32(39)35(6)20-30-23(3)19-36(24(4)21-37)31(38)28-18-26(34-44(40,41)27-13-8-7-9-14-27)15-16-29(28)43-25(5)12-10-11-17-42-30/h7-9,13-16,18,22-25,30,34,37H,10-12,17,19-21H2,1-6H3,(H,33,39)/t23-,24-,25+,30-/m0/s1. The van der Waals surface area contributed by atoms with Gasteiger partial charge < -0.3 is 29.7 Å². The van der Waals surface area contributed by atoms with Crippen molar-refractivity contribution in [1.82, 2.24) is 15.1 Å². The van der Waals surface area contributed by atoms with Gasteiger partial charge in [-0.1, -0.05) is 25.1 Å². The minimum absolute atomic E-state index is 0.0165. The monoisotopic (exact) mass is 632 g/mol. The average molecular weight is 633 g/mol. The number of anilines is 1. The number of nitrogens with zero attached hydrogens (tertiary/aromatic N) is 2. The summed E-state index contributed by atoms with van der Waals surface area (Å²) in [7, 11) is -2.19. The molecule has 0 fully saturated rings. The number of carbonyl (C=O) groups is 2. The van der Waals surface area contributed by atoms with Crippen molar-refractivity contribution in [3.05, 3.63) is 54.1 Å². The number of aliphatic hydroxyl groups is 1. The third kappa shape index (κ3) is 9.83. The summed E-state index contributed by atoms with van der Waals surface area (Å²) in [6, 6.07) is 11.9. The number of urea groups is 1. The summed E-state index contributed by atoms with van der Waals surface area (Å²) in [5.41, 5.74) is 0.391. The highest BCUT2D eigenvalue weighted by Gasteiger charge is 2.31. The van der Waals surface area contributed by atoms with E-state index in [-0.39, 0.29) is 59.5 Å². The lowest BCUT2D eigenvalue weighted by Gasteiger charge is -2.36. The first-order valence-corrected chi connectivity index (χ1v) is 16.7. The number of sulfonamides is 1. The summed E-state index contributed by atoms with van der Waals surface area (Å²) in [4.78, 5) is 30.1. The summed E-state index contributed by atoms with van der Waals surface area (Å²) >= 11 is 0. The van der Waals surface area contributed by atoms with Crippen LogP contribution in [0.25, 0.3) is 0 Å². The maximum absolute atomic E-state index is 14.2. The lowest BCUT2D eigenvalue weighted by atomic mass is 10.0. The summed E-state index contributed by atoms with van der Waals surface area (Å²) in [5.74, 6) is -0.292. The molecule has 1 aliphatic rings. The van der Waals surface area contributed by atoms with E-state index in [0.717, 1.165) is 12.8 Å². The molecule has 0 aliphatic carbocycles. The van der Waals surface area contributed by atoms with Crippen LogP contribution in [-0.4, -0.2) is 92.9 Å². The molecule has 1 heterocycles. The van der Waals surface area contributed by atoms with E-state index in [1.165, 1.54) is 18.2 Å².